The van der Waals surface area contributed by atoms with E-state index >= 15 is 0 Å². The highest BCUT2D eigenvalue weighted by atomic mass is 16.4. The third-order valence-electron chi connectivity index (χ3n) is 3.40. The number of hydrogen-bond donors (Lipinski definition) is 1. The Morgan fingerprint density at radius 3 is 2.54 bits per heavy atom. The van der Waals surface area contributed by atoms with E-state index in [0.717, 1.165) is 26.1 Å². The summed E-state index contributed by atoms with van der Waals surface area (Å²) in [7, 11) is 0. The van der Waals surface area contributed by atoms with Crippen LogP contribution in [0.15, 0.2) is 0 Å². The Balaban J connectivity index is 1.74. The highest BCUT2D eigenvalue weighted by molar-refractivity contribution is 5.70. The molecule has 0 aromatic carbocycles. The largest absolute Gasteiger partial charge is 0.481 e. The van der Waals surface area contributed by atoms with Gasteiger partial charge in [-0.25, -0.2) is 0 Å². The first-order chi connectivity index (χ1) is 6.15. The van der Waals surface area contributed by atoms with Crippen LogP contribution in [0.4, 0.5) is 0 Å². The van der Waals surface area contributed by atoms with Gasteiger partial charge in [-0.15, -0.1) is 0 Å². The van der Waals surface area contributed by atoms with E-state index in [0.29, 0.717) is 5.41 Å². The molecule has 1 heterocycles. The highest BCUT2D eigenvalue weighted by Gasteiger charge is 2.52. The van der Waals surface area contributed by atoms with Crippen molar-refractivity contribution in [3.05, 3.63) is 0 Å². The van der Waals surface area contributed by atoms with Crippen molar-refractivity contribution in [1.29, 1.82) is 0 Å². The number of aliphatic carboxylic acids is 1. The fourth-order valence-corrected chi connectivity index (χ4v) is 2.22. The monoisotopic (exact) mass is 183 g/mol. The zero-order chi connectivity index (χ0) is 9.47. The van der Waals surface area contributed by atoms with Gasteiger partial charge in [0.15, 0.2) is 0 Å². The maximum absolute atomic E-state index is 10.8. The summed E-state index contributed by atoms with van der Waals surface area (Å²) in [5, 5.41) is 8.86. The molecule has 0 aromatic rings. The van der Waals surface area contributed by atoms with E-state index in [9.17, 15) is 4.79 Å². The van der Waals surface area contributed by atoms with Gasteiger partial charge in [0.1, 0.15) is 0 Å². The molecule has 1 aliphatic heterocycles. The molecule has 2 aliphatic rings. The van der Waals surface area contributed by atoms with Crippen molar-refractivity contribution in [2.24, 2.45) is 11.3 Å². The number of hydrogen-bond acceptors (Lipinski definition) is 2. The van der Waals surface area contributed by atoms with Crippen LogP contribution in [-0.4, -0.2) is 35.6 Å². The van der Waals surface area contributed by atoms with E-state index in [4.69, 9.17) is 5.11 Å². The Morgan fingerprint density at radius 1 is 1.54 bits per heavy atom. The smallest absolute Gasteiger partial charge is 0.307 e. The van der Waals surface area contributed by atoms with Crippen LogP contribution in [-0.2, 0) is 4.79 Å². The van der Waals surface area contributed by atoms with E-state index < -0.39 is 5.97 Å². The van der Waals surface area contributed by atoms with Crippen LogP contribution in [0.1, 0.15) is 26.2 Å². The molecule has 1 saturated heterocycles. The lowest BCUT2D eigenvalue weighted by Gasteiger charge is -2.41. The Kier molecular flexibility index (Phi) is 2.06. The van der Waals surface area contributed by atoms with Crippen LogP contribution in [0.25, 0.3) is 0 Å². The summed E-state index contributed by atoms with van der Waals surface area (Å²) in [4.78, 5) is 13.0. The lowest BCUT2D eigenvalue weighted by Crippen LogP contribution is -2.50. The van der Waals surface area contributed by atoms with Crippen molar-refractivity contribution in [2.75, 3.05) is 19.6 Å². The van der Waals surface area contributed by atoms with E-state index in [-0.39, 0.29) is 5.92 Å². The summed E-state index contributed by atoms with van der Waals surface area (Å²) < 4.78 is 0. The maximum Gasteiger partial charge on any atom is 0.307 e. The normalized spacial score (nSPS) is 26.8. The molecule has 2 fully saturated rings. The summed E-state index contributed by atoms with van der Waals surface area (Å²) in [6.07, 6.45) is 3.49. The third-order valence-corrected chi connectivity index (χ3v) is 3.40. The minimum atomic E-state index is -0.640. The van der Waals surface area contributed by atoms with Crippen LogP contribution in [0.2, 0.25) is 0 Å². The highest BCUT2D eigenvalue weighted by Crippen LogP contribution is 2.52. The lowest BCUT2D eigenvalue weighted by atomic mass is 9.94. The predicted molar refractivity (Wildman–Crippen MR) is 49.5 cm³/mol. The fraction of sp³-hybridized carbons (Fsp3) is 0.900. The van der Waals surface area contributed by atoms with Crippen LogP contribution in [0.5, 0.6) is 0 Å². The number of carboxylic acid groups (broad SMARTS) is 1. The molecule has 1 saturated carbocycles. The van der Waals surface area contributed by atoms with E-state index in [1.54, 1.807) is 0 Å². The molecule has 74 valence electrons. The molecule has 3 nitrogen and oxygen atoms in total. The summed E-state index contributed by atoms with van der Waals surface area (Å²) >= 11 is 0. The Bertz CT molecular complexity index is 215. The molecule has 1 aliphatic carbocycles. The van der Waals surface area contributed by atoms with Gasteiger partial charge in [0.25, 0.3) is 0 Å². The molecule has 0 radical (unpaired) electrons. The summed E-state index contributed by atoms with van der Waals surface area (Å²) in [5.41, 5.74) is 0.650. The van der Waals surface area contributed by atoms with E-state index in [1.807, 2.05) is 6.92 Å². The van der Waals surface area contributed by atoms with Gasteiger partial charge in [0.2, 0.25) is 0 Å². The molecular weight excluding hydrogens is 166 g/mol. The number of carboxylic acids is 1. The predicted octanol–water partition coefficient (Wildman–Crippen LogP) is 1.19. The maximum atomic E-state index is 10.8. The lowest BCUT2D eigenvalue weighted by molar-refractivity contribution is -0.143. The van der Waals surface area contributed by atoms with Crippen LogP contribution in [0, 0.1) is 11.3 Å². The number of rotatable bonds is 4. The average molecular weight is 183 g/mol. The minimum absolute atomic E-state index is 0.156. The topological polar surface area (TPSA) is 40.5 Å². The van der Waals surface area contributed by atoms with Crippen molar-refractivity contribution in [1.82, 2.24) is 4.90 Å². The molecule has 13 heavy (non-hydrogen) atoms. The first kappa shape index (κ1) is 9.00. The molecule has 2 rings (SSSR count). The van der Waals surface area contributed by atoms with Gasteiger partial charge >= 0.3 is 5.97 Å². The van der Waals surface area contributed by atoms with Crippen molar-refractivity contribution in [3.63, 3.8) is 0 Å². The fourth-order valence-electron chi connectivity index (χ4n) is 2.22. The summed E-state index contributed by atoms with van der Waals surface area (Å²) in [6, 6.07) is 0. The van der Waals surface area contributed by atoms with Crippen LogP contribution >= 0.6 is 0 Å². The van der Waals surface area contributed by atoms with Crippen molar-refractivity contribution >= 4 is 5.97 Å². The van der Waals surface area contributed by atoms with Gasteiger partial charge in [-0.1, -0.05) is 6.92 Å². The molecule has 1 N–H and O–H groups in total. The standard InChI is InChI=1S/C10H17NO2/c1-2-8(9(12)13)5-11-6-10(7-11)3-4-10/h8H,2-7H2,1H3,(H,12,13). The molecule has 0 aromatic heterocycles. The second-order valence-electron chi connectivity index (χ2n) is 4.61. The Labute approximate surface area is 78.7 Å². The Hall–Kier alpha value is -0.570. The van der Waals surface area contributed by atoms with Gasteiger partial charge in [-0.05, 0) is 24.7 Å². The molecule has 3 heteroatoms. The number of carbonyl (C=O) groups is 1. The van der Waals surface area contributed by atoms with Gasteiger partial charge in [0, 0.05) is 19.6 Å². The molecule has 0 amide bonds. The molecule has 0 bridgehead atoms. The number of likely N-dealkylation sites (tertiary alicyclic amines) is 1. The number of nitrogens with zero attached hydrogens (tertiary/aromatic N) is 1. The zero-order valence-corrected chi connectivity index (χ0v) is 8.12. The van der Waals surface area contributed by atoms with Crippen molar-refractivity contribution in [2.45, 2.75) is 26.2 Å². The van der Waals surface area contributed by atoms with Gasteiger partial charge < -0.3 is 10.0 Å². The van der Waals surface area contributed by atoms with Crippen LogP contribution < -0.4 is 0 Å². The molecule has 1 spiro atoms. The first-order valence-corrected chi connectivity index (χ1v) is 5.10. The second kappa shape index (κ2) is 2.98. The molecular formula is C10H17NO2. The SMILES string of the molecule is CCC(CN1CC2(CC2)C1)C(=O)O. The quantitative estimate of drug-likeness (QED) is 0.711. The van der Waals surface area contributed by atoms with E-state index in [1.165, 1.54) is 12.8 Å². The summed E-state index contributed by atoms with van der Waals surface area (Å²) in [5.74, 6) is -0.796. The van der Waals surface area contributed by atoms with Gasteiger partial charge in [-0.2, -0.15) is 0 Å². The first-order valence-electron chi connectivity index (χ1n) is 5.10. The average Bonchev–Trinajstić information content (AvgIpc) is 2.77. The Morgan fingerprint density at radius 2 is 2.15 bits per heavy atom. The zero-order valence-electron chi connectivity index (χ0n) is 8.12. The van der Waals surface area contributed by atoms with Crippen molar-refractivity contribution in [3.8, 4) is 0 Å². The third kappa shape index (κ3) is 1.70. The second-order valence-corrected chi connectivity index (χ2v) is 4.61. The van der Waals surface area contributed by atoms with Gasteiger partial charge in [-0.3, -0.25) is 4.79 Å². The van der Waals surface area contributed by atoms with Crippen LogP contribution in [0.3, 0.4) is 0 Å². The summed E-state index contributed by atoms with van der Waals surface area (Å²) in [6.45, 7) is 5.01. The van der Waals surface area contributed by atoms with Gasteiger partial charge in [0.05, 0.1) is 5.92 Å². The minimum Gasteiger partial charge on any atom is -0.481 e. The molecule has 1 atom stereocenters. The van der Waals surface area contributed by atoms with Crippen molar-refractivity contribution < 1.29 is 9.90 Å². The van der Waals surface area contributed by atoms with E-state index in [2.05, 4.69) is 4.90 Å². The molecule has 1 unspecified atom stereocenters.